The summed E-state index contributed by atoms with van der Waals surface area (Å²) in [6.45, 7) is 1.87. The Morgan fingerprint density at radius 2 is 1.77 bits per heavy atom. The van der Waals surface area contributed by atoms with Crippen molar-refractivity contribution in [1.82, 2.24) is 5.43 Å². The van der Waals surface area contributed by atoms with Gasteiger partial charge in [0.05, 0.1) is 11.5 Å². The topological polar surface area (TPSA) is 41.5 Å². The SMILES string of the molecule is CSc1ccc(/C=N\NC(=O)[C@@H](C)Sc2ccccc2)cc1. The minimum atomic E-state index is -0.196. The summed E-state index contributed by atoms with van der Waals surface area (Å²) in [6.07, 6.45) is 3.69. The summed E-state index contributed by atoms with van der Waals surface area (Å²) in [5.74, 6) is -0.106. The molecule has 1 N–H and O–H groups in total. The first kappa shape index (κ1) is 16.6. The predicted octanol–water partition coefficient (Wildman–Crippen LogP) is 4.04. The van der Waals surface area contributed by atoms with Crippen LogP contribution in [0.3, 0.4) is 0 Å². The highest BCUT2D eigenvalue weighted by molar-refractivity contribution is 8.00. The molecule has 2 aromatic rings. The van der Waals surface area contributed by atoms with Gasteiger partial charge in [-0.05, 0) is 43.0 Å². The van der Waals surface area contributed by atoms with Crippen molar-refractivity contribution in [3.63, 3.8) is 0 Å². The summed E-state index contributed by atoms with van der Waals surface area (Å²) < 4.78 is 0. The minimum Gasteiger partial charge on any atom is -0.272 e. The van der Waals surface area contributed by atoms with Gasteiger partial charge in [-0.1, -0.05) is 30.3 Å². The number of carbonyl (C=O) groups is 1. The van der Waals surface area contributed by atoms with Crippen molar-refractivity contribution >= 4 is 35.6 Å². The van der Waals surface area contributed by atoms with Crippen LogP contribution in [0.5, 0.6) is 0 Å². The maximum atomic E-state index is 12.0. The van der Waals surface area contributed by atoms with E-state index < -0.39 is 0 Å². The first-order chi connectivity index (χ1) is 10.7. The Bertz CT molecular complexity index is 627. The van der Waals surface area contributed by atoms with E-state index in [1.807, 2.05) is 67.8 Å². The van der Waals surface area contributed by atoms with Gasteiger partial charge in [0.15, 0.2) is 0 Å². The van der Waals surface area contributed by atoms with Crippen LogP contribution in [0.25, 0.3) is 0 Å². The van der Waals surface area contributed by atoms with E-state index in [-0.39, 0.29) is 11.2 Å². The lowest BCUT2D eigenvalue weighted by molar-refractivity contribution is -0.120. The molecule has 0 aromatic heterocycles. The summed E-state index contributed by atoms with van der Waals surface area (Å²) in [7, 11) is 0. The molecule has 0 bridgehead atoms. The smallest absolute Gasteiger partial charge is 0.253 e. The maximum Gasteiger partial charge on any atom is 0.253 e. The van der Waals surface area contributed by atoms with Gasteiger partial charge in [0, 0.05) is 9.79 Å². The van der Waals surface area contributed by atoms with Gasteiger partial charge in [0.1, 0.15) is 0 Å². The monoisotopic (exact) mass is 330 g/mol. The predicted molar refractivity (Wildman–Crippen MR) is 95.7 cm³/mol. The number of nitrogens with one attached hydrogen (secondary N) is 1. The van der Waals surface area contributed by atoms with Crippen molar-refractivity contribution in [1.29, 1.82) is 0 Å². The van der Waals surface area contributed by atoms with Gasteiger partial charge in [-0.2, -0.15) is 5.10 Å². The number of benzene rings is 2. The van der Waals surface area contributed by atoms with Crippen LogP contribution in [-0.4, -0.2) is 23.6 Å². The highest BCUT2D eigenvalue weighted by Gasteiger charge is 2.13. The molecule has 114 valence electrons. The third kappa shape index (κ3) is 5.24. The molecule has 22 heavy (non-hydrogen) atoms. The van der Waals surface area contributed by atoms with Crippen LogP contribution in [0, 0.1) is 0 Å². The van der Waals surface area contributed by atoms with Gasteiger partial charge in [-0.15, -0.1) is 23.5 Å². The molecule has 0 radical (unpaired) electrons. The van der Waals surface area contributed by atoms with Crippen molar-refractivity contribution in [2.45, 2.75) is 22.0 Å². The number of amides is 1. The van der Waals surface area contributed by atoms with E-state index in [2.05, 4.69) is 10.5 Å². The fourth-order valence-corrected chi connectivity index (χ4v) is 3.00. The number of hydrogen-bond acceptors (Lipinski definition) is 4. The third-order valence-electron chi connectivity index (χ3n) is 2.93. The zero-order valence-electron chi connectivity index (χ0n) is 12.5. The van der Waals surface area contributed by atoms with E-state index in [0.29, 0.717) is 0 Å². The highest BCUT2D eigenvalue weighted by atomic mass is 32.2. The van der Waals surface area contributed by atoms with Crippen molar-refractivity contribution in [3.05, 3.63) is 60.2 Å². The number of nitrogens with zero attached hydrogens (tertiary/aromatic N) is 1. The molecule has 0 saturated carbocycles. The zero-order valence-corrected chi connectivity index (χ0v) is 14.2. The molecule has 0 saturated heterocycles. The Labute approximate surface area is 139 Å². The molecule has 0 aliphatic heterocycles. The molecule has 3 nitrogen and oxygen atoms in total. The van der Waals surface area contributed by atoms with Crippen LogP contribution >= 0.6 is 23.5 Å². The van der Waals surface area contributed by atoms with Crippen molar-refractivity contribution in [2.24, 2.45) is 5.10 Å². The van der Waals surface area contributed by atoms with Crippen LogP contribution in [0.15, 0.2) is 69.5 Å². The number of carbonyl (C=O) groups excluding carboxylic acids is 1. The van der Waals surface area contributed by atoms with E-state index in [4.69, 9.17) is 0 Å². The second-order valence-corrected chi connectivity index (χ2v) is 6.87. The first-order valence-electron chi connectivity index (χ1n) is 6.87. The molecule has 5 heteroatoms. The maximum absolute atomic E-state index is 12.0. The van der Waals surface area contributed by atoms with Crippen molar-refractivity contribution in [2.75, 3.05) is 6.26 Å². The molecule has 2 aromatic carbocycles. The summed E-state index contributed by atoms with van der Waals surface area (Å²) in [5.41, 5.74) is 3.54. The molecular weight excluding hydrogens is 312 g/mol. The number of hydrazone groups is 1. The normalized spacial score (nSPS) is 12.3. The average molecular weight is 330 g/mol. The Morgan fingerprint density at radius 1 is 1.09 bits per heavy atom. The van der Waals surface area contributed by atoms with E-state index in [1.54, 1.807) is 18.0 Å². The van der Waals surface area contributed by atoms with Gasteiger partial charge in [0.25, 0.3) is 5.91 Å². The Hall–Kier alpha value is -1.72. The Kier molecular flexibility index (Phi) is 6.55. The van der Waals surface area contributed by atoms with Gasteiger partial charge in [0.2, 0.25) is 0 Å². The lowest BCUT2D eigenvalue weighted by Gasteiger charge is -2.08. The molecule has 0 aliphatic rings. The number of hydrogen-bond donors (Lipinski definition) is 1. The molecule has 1 atom stereocenters. The molecular formula is C17H18N2OS2. The van der Waals surface area contributed by atoms with Crippen LogP contribution in [0.4, 0.5) is 0 Å². The van der Waals surface area contributed by atoms with Gasteiger partial charge in [-0.3, -0.25) is 4.79 Å². The van der Waals surface area contributed by atoms with Crippen molar-refractivity contribution < 1.29 is 4.79 Å². The number of rotatable bonds is 6. The molecule has 0 heterocycles. The summed E-state index contributed by atoms with van der Waals surface area (Å²) >= 11 is 3.21. The Morgan fingerprint density at radius 3 is 2.41 bits per heavy atom. The first-order valence-corrected chi connectivity index (χ1v) is 8.98. The average Bonchev–Trinajstić information content (AvgIpc) is 2.56. The second kappa shape index (κ2) is 8.66. The Balaban J connectivity index is 1.84. The molecule has 2 rings (SSSR count). The van der Waals surface area contributed by atoms with Crippen LogP contribution in [0.1, 0.15) is 12.5 Å². The molecule has 0 fully saturated rings. The lowest BCUT2D eigenvalue weighted by atomic mass is 10.2. The van der Waals surface area contributed by atoms with E-state index in [0.717, 1.165) is 10.5 Å². The molecule has 0 aliphatic carbocycles. The zero-order chi connectivity index (χ0) is 15.8. The molecule has 0 unspecified atom stereocenters. The summed E-state index contributed by atoms with van der Waals surface area (Å²) in [5, 5.41) is 3.82. The van der Waals surface area contributed by atoms with Gasteiger partial charge in [-0.25, -0.2) is 5.43 Å². The standard InChI is InChI=1S/C17H18N2OS2/c1-13(22-16-6-4-3-5-7-16)17(20)19-18-12-14-8-10-15(21-2)11-9-14/h3-13H,1-2H3,(H,19,20)/b18-12-/t13-/m1/s1. The highest BCUT2D eigenvalue weighted by Crippen LogP contribution is 2.22. The van der Waals surface area contributed by atoms with Gasteiger partial charge < -0.3 is 0 Å². The number of thioether (sulfide) groups is 2. The van der Waals surface area contributed by atoms with E-state index in [1.165, 1.54) is 16.7 Å². The minimum absolute atomic E-state index is 0.106. The summed E-state index contributed by atoms with van der Waals surface area (Å²) in [4.78, 5) is 14.3. The fourth-order valence-electron chi connectivity index (χ4n) is 1.71. The van der Waals surface area contributed by atoms with Crippen LogP contribution < -0.4 is 5.43 Å². The van der Waals surface area contributed by atoms with Crippen molar-refractivity contribution in [3.8, 4) is 0 Å². The molecule has 1 amide bonds. The van der Waals surface area contributed by atoms with Crippen LogP contribution in [0.2, 0.25) is 0 Å². The van der Waals surface area contributed by atoms with E-state index in [9.17, 15) is 4.79 Å². The largest absolute Gasteiger partial charge is 0.272 e. The third-order valence-corrected chi connectivity index (χ3v) is 4.78. The molecule has 0 spiro atoms. The fraction of sp³-hybridized carbons (Fsp3) is 0.176. The van der Waals surface area contributed by atoms with Crippen LogP contribution in [-0.2, 0) is 4.79 Å². The summed E-state index contributed by atoms with van der Waals surface area (Å²) in [6, 6.07) is 17.9. The quantitative estimate of drug-likeness (QED) is 0.494. The second-order valence-electron chi connectivity index (χ2n) is 4.58. The van der Waals surface area contributed by atoms with Gasteiger partial charge >= 0.3 is 0 Å². The van der Waals surface area contributed by atoms with E-state index >= 15 is 0 Å². The lowest BCUT2D eigenvalue weighted by Crippen LogP contribution is -2.26.